The normalized spacial score (nSPS) is 26.2. The third kappa shape index (κ3) is 4.80. The molecule has 0 amide bonds. The molecule has 1 nitrogen and oxygen atoms in total. The first kappa shape index (κ1) is 13.7. The van der Waals surface area contributed by atoms with Gasteiger partial charge in [-0.2, -0.15) is 0 Å². The van der Waals surface area contributed by atoms with E-state index in [1.54, 1.807) is 5.57 Å². The summed E-state index contributed by atoms with van der Waals surface area (Å²) in [6, 6.07) is 0. The average Bonchev–Trinajstić information content (AvgIpc) is 2.20. The van der Waals surface area contributed by atoms with Crippen LogP contribution in [0.3, 0.4) is 0 Å². The minimum atomic E-state index is 0.932. The molecule has 0 fully saturated rings. The van der Waals surface area contributed by atoms with Gasteiger partial charge in [-0.15, -0.1) is 0 Å². The van der Waals surface area contributed by atoms with Gasteiger partial charge in [0, 0.05) is 7.11 Å². The Balaban J connectivity index is 0.000000791. The van der Waals surface area contributed by atoms with Crippen LogP contribution in [-0.2, 0) is 0 Å². The van der Waals surface area contributed by atoms with Crippen molar-refractivity contribution in [2.45, 2.75) is 52.9 Å². The summed E-state index contributed by atoms with van der Waals surface area (Å²) in [6.07, 6.45) is 9.34. The third-order valence-corrected chi connectivity index (χ3v) is 3.15. The highest BCUT2D eigenvalue weighted by molar-refractivity contribution is 5.04. The molecule has 1 rings (SSSR count). The zero-order chi connectivity index (χ0) is 11.0. The van der Waals surface area contributed by atoms with E-state index in [9.17, 15) is 0 Å². The molecule has 2 atom stereocenters. The zero-order valence-electron chi connectivity index (χ0n) is 10.2. The minimum Gasteiger partial charge on any atom is -0.400 e. The average molecular weight is 198 g/mol. The summed E-state index contributed by atoms with van der Waals surface area (Å²) >= 11 is 0. The van der Waals surface area contributed by atoms with E-state index >= 15 is 0 Å². The summed E-state index contributed by atoms with van der Waals surface area (Å²) in [6.45, 7) is 6.97. The molecule has 84 valence electrons. The van der Waals surface area contributed by atoms with E-state index in [1.165, 1.54) is 32.1 Å². The van der Waals surface area contributed by atoms with E-state index < -0.39 is 0 Å². The van der Waals surface area contributed by atoms with Crippen LogP contribution in [0.5, 0.6) is 0 Å². The van der Waals surface area contributed by atoms with Gasteiger partial charge in [-0.3, -0.25) is 0 Å². The Morgan fingerprint density at radius 2 is 2.07 bits per heavy atom. The van der Waals surface area contributed by atoms with Crippen LogP contribution in [0.15, 0.2) is 11.6 Å². The fourth-order valence-corrected chi connectivity index (χ4v) is 2.21. The predicted molar refractivity (Wildman–Crippen MR) is 63.3 cm³/mol. The summed E-state index contributed by atoms with van der Waals surface area (Å²) in [5, 5.41) is 7.00. The van der Waals surface area contributed by atoms with E-state index in [4.69, 9.17) is 5.11 Å². The van der Waals surface area contributed by atoms with Crippen LogP contribution < -0.4 is 0 Å². The van der Waals surface area contributed by atoms with Gasteiger partial charge in [-0.05, 0) is 38.0 Å². The molecule has 0 aromatic heterocycles. The van der Waals surface area contributed by atoms with E-state index in [2.05, 4.69) is 26.8 Å². The lowest BCUT2D eigenvalue weighted by Crippen LogP contribution is -2.15. The highest BCUT2D eigenvalue weighted by atomic mass is 16.2. The van der Waals surface area contributed by atoms with E-state index in [0.29, 0.717) is 0 Å². The molecule has 0 bridgehead atoms. The largest absolute Gasteiger partial charge is 0.400 e. The number of allylic oxidation sites excluding steroid dienone is 2. The molecule has 0 aromatic rings. The van der Waals surface area contributed by atoms with Gasteiger partial charge < -0.3 is 5.11 Å². The van der Waals surface area contributed by atoms with Gasteiger partial charge in [0.2, 0.25) is 0 Å². The van der Waals surface area contributed by atoms with Crippen molar-refractivity contribution in [2.75, 3.05) is 7.11 Å². The number of hydrogen-bond donors (Lipinski definition) is 1. The van der Waals surface area contributed by atoms with Crippen molar-refractivity contribution in [1.29, 1.82) is 0 Å². The summed E-state index contributed by atoms with van der Waals surface area (Å²) in [7, 11) is 1.00. The van der Waals surface area contributed by atoms with Crippen LogP contribution in [0, 0.1) is 11.8 Å². The number of unbranched alkanes of at least 4 members (excludes halogenated alkanes) is 1. The first-order valence-electron chi connectivity index (χ1n) is 5.84. The van der Waals surface area contributed by atoms with Crippen molar-refractivity contribution in [3.05, 3.63) is 11.6 Å². The molecular weight excluding hydrogens is 172 g/mol. The molecule has 0 saturated heterocycles. The van der Waals surface area contributed by atoms with Gasteiger partial charge in [-0.25, -0.2) is 0 Å². The quantitative estimate of drug-likeness (QED) is 0.684. The topological polar surface area (TPSA) is 20.2 Å². The van der Waals surface area contributed by atoms with Crippen LogP contribution in [0.1, 0.15) is 52.9 Å². The lowest BCUT2D eigenvalue weighted by molar-refractivity contribution is 0.313. The summed E-state index contributed by atoms with van der Waals surface area (Å²) in [5.41, 5.74) is 1.61. The lowest BCUT2D eigenvalue weighted by Gasteiger charge is -2.27. The molecule has 0 spiro atoms. The molecule has 1 aliphatic carbocycles. The lowest BCUT2D eigenvalue weighted by atomic mass is 9.79. The molecule has 0 saturated carbocycles. The molecule has 0 aromatic carbocycles. The smallest absolute Gasteiger partial charge is 0.0319 e. The van der Waals surface area contributed by atoms with Gasteiger partial charge in [0.05, 0.1) is 0 Å². The van der Waals surface area contributed by atoms with Gasteiger partial charge in [0.15, 0.2) is 0 Å². The molecule has 14 heavy (non-hydrogen) atoms. The first-order valence-corrected chi connectivity index (χ1v) is 5.84. The second-order valence-electron chi connectivity index (χ2n) is 4.37. The fourth-order valence-electron chi connectivity index (χ4n) is 2.21. The first-order chi connectivity index (χ1) is 6.74. The van der Waals surface area contributed by atoms with Crippen LogP contribution in [0.25, 0.3) is 0 Å². The Bertz CT molecular complexity index is 161. The Morgan fingerprint density at radius 3 is 2.57 bits per heavy atom. The van der Waals surface area contributed by atoms with Gasteiger partial charge in [0.25, 0.3) is 0 Å². The molecule has 2 unspecified atom stereocenters. The molecule has 1 N–H and O–H groups in total. The molecule has 0 radical (unpaired) electrons. The Hall–Kier alpha value is -0.300. The van der Waals surface area contributed by atoms with Crippen LogP contribution in [-0.4, -0.2) is 12.2 Å². The monoisotopic (exact) mass is 198 g/mol. The Labute approximate surface area is 89.2 Å². The van der Waals surface area contributed by atoms with Crippen molar-refractivity contribution in [3.8, 4) is 0 Å². The number of aliphatic hydroxyl groups excluding tert-OH is 1. The maximum absolute atomic E-state index is 7.00. The van der Waals surface area contributed by atoms with Crippen molar-refractivity contribution >= 4 is 0 Å². The Kier molecular flexibility index (Phi) is 7.87. The molecular formula is C13H26O. The van der Waals surface area contributed by atoms with Gasteiger partial charge in [0.1, 0.15) is 0 Å². The summed E-state index contributed by atoms with van der Waals surface area (Å²) < 4.78 is 0. The number of aliphatic hydroxyl groups is 1. The van der Waals surface area contributed by atoms with Crippen LogP contribution in [0.4, 0.5) is 0 Å². The molecule has 0 heterocycles. The van der Waals surface area contributed by atoms with E-state index in [0.717, 1.165) is 18.9 Å². The second kappa shape index (κ2) is 8.05. The van der Waals surface area contributed by atoms with Crippen molar-refractivity contribution < 1.29 is 5.11 Å². The van der Waals surface area contributed by atoms with E-state index in [1.807, 2.05) is 0 Å². The maximum Gasteiger partial charge on any atom is 0.0319 e. The predicted octanol–water partition coefficient (Wildman–Crippen LogP) is 3.78. The van der Waals surface area contributed by atoms with Crippen molar-refractivity contribution in [2.24, 2.45) is 11.8 Å². The second-order valence-corrected chi connectivity index (χ2v) is 4.37. The molecule has 1 aliphatic rings. The minimum absolute atomic E-state index is 0.932. The highest BCUT2D eigenvalue weighted by Gasteiger charge is 2.19. The maximum atomic E-state index is 7.00. The number of rotatable bonds is 3. The summed E-state index contributed by atoms with van der Waals surface area (Å²) in [5.74, 6) is 1.91. The number of hydrogen-bond acceptors (Lipinski definition) is 1. The highest BCUT2D eigenvalue weighted by Crippen LogP contribution is 2.32. The Morgan fingerprint density at radius 1 is 1.43 bits per heavy atom. The van der Waals surface area contributed by atoms with Crippen LogP contribution >= 0.6 is 0 Å². The standard InChI is InChI=1S/C12H22.CH4O/c1-4-5-6-12-8-7-10(2)9-11(12)3;1-2/h7,11-12H,4-6,8-9H2,1-3H3;2H,1H3. The van der Waals surface area contributed by atoms with Gasteiger partial charge >= 0.3 is 0 Å². The van der Waals surface area contributed by atoms with Gasteiger partial charge in [-0.1, -0.05) is 38.3 Å². The van der Waals surface area contributed by atoms with Crippen molar-refractivity contribution in [3.63, 3.8) is 0 Å². The molecule has 1 heteroatoms. The SMILES string of the molecule is CCCCC1CC=C(C)CC1C.CO. The van der Waals surface area contributed by atoms with E-state index in [-0.39, 0.29) is 0 Å². The fraction of sp³-hybridized carbons (Fsp3) is 0.846. The zero-order valence-corrected chi connectivity index (χ0v) is 10.2. The molecule has 0 aliphatic heterocycles. The van der Waals surface area contributed by atoms with Crippen molar-refractivity contribution in [1.82, 2.24) is 0 Å². The summed E-state index contributed by atoms with van der Waals surface area (Å²) in [4.78, 5) is 0. The third-order valence-electron chi connectivity index (χ3n) is 3.15. The van der Waals surface area contributed by atoms with Crippen LogP contribution in [0.2, 0.25) is 0 Å².